The van der Waals surface area contributed by atoms with Gasteiger partial charge in [0.15, 0.2) is 0 Å². The number of nitrogens with one attached hydrogen (secondary N) is 1. The van der Waals surface area contributed by atoms with E-state index >= 15 is 0 Å². The average Bonchev–Trinajstić information content (AvgIpc) is 2.10. The Hall–Kier alpha value is -0.380. The number of unbranched alkanes of at least 4 members (excludes halogenated alkanes) is 1. The van der Waals surface area contributed by atoms with Gasteiger partial charge in [-0.05, 0) is 33.1 Å². The highest BCUT2D eigenvalue weighted by Crippen LogP contribution is 2.02. The number of ether oxygens (including phenoxy) is 1. The fourth-order valence-corrected chi connectivity index (χ4v) is 1.03. The lowest BCUT2D eigenvalue weighted by atomic mass is 10.1. The average molecular weight is 186 g/mol. The van der Waals surface area contributed by atoms with E-state index in [0.29, 0.717) is 6.61 Å². The zero-order chi connectivity index (χ0) is 10.1. The third-order valence-electron chi connectivity index (χ3n) is 1.83. The van der Waals surface area contributed by atoms with E-state index in [-0.39, 0.29) is 12.1 Å². The van der Waals surface area contributed by atoms with Crippen LogP contribution in [-0.4, -0.2) is 18.8 Å². The summed E-state index contributed by atoms with van der Waals surface area (Å²) in [5, 5.41) is 0. The van der Waals surface area contributed by atoms with Gasteiger partial charge in [-0.1, -0.05) is 6.08 Å². The second-order valence-corrected chi connectivity index (χ2v) is 3.47. The van der Waals surface area contributed by atoms with Gasteiger partial charge in [-0.25, -0.2) is 0 Å². The first-order chi connectivity index (χ1) is 6.20. The van der Waals surface area contributed by atoms with Crippen molar-refractivity contribution in [2.45, 2.75) is 45.3 Å². The standard InChI is InChI=1S/C10H22N2O/c1-4-5-6-7-10(12-11)8-13-9(2)3/h4,9-10,12H,1,5-8,11H2,2-3H3. The number of hydrogen-bond acceptors (Lipinski definition) is 3. The van der Waals surface area contributed by atoms with E-state index in [1.165, 1.54) is 0 Å². The molecule has 1 atom stereocenters. The quantitative estimate of drug-likeness (QED) is 0.262. The lowest BCUT2D eigenvalue weighted by Gasteiger charge is -2.17. The van der Waals surface area contributed by atoms with Crippen molar-refractivity contribution in [1.82, 2.24) is 5.43 Å². The van der Waals surface area contributed by atoms with Gasteiger partial charge in [0.1, 0.15) is 0 Å². The summed E-state index contributed by atoms with van der Waals surface area (Å²) in [6.45, 7) is 8.41. The smallest absolute Gasteiger partial charge is 0.0636 e. The number of rotatable bonds is 8. The van der Waals surface area contributed by atoms with Crippen LogP contribution in [0.4, 0.5) is 0 Å². The Labute approximate surface area is 81.3 Å². The van der Waals surface area contributed by atoms with Crippen molar-refractivity contribution in [2.75, 3.05) is 6.61 Å². The molecule has 0 amide bonds. The van der Waals surface area contributed by atoms with Crippen LogP contribution in [0.2, 0.25) is 0 Å². The molecule has 0 aliphatic heterocycles. The summed E-state index contributed by atoms with van der Waals surface area (Å²) in [6, 6.07) is 0.266. The molecule has 0 aromatic rings. The van der Waals surface area contributed by atoms with Crippen molar-refractivity contribution >= 4 is 0 Å². The van der Waals surface area contributed by atoms with Gasteiger partial charge < -0.3 is 4.74 Å². The Kier molecular flexibility index (Phi) is 7.99. The Morgan fingerprint density at radius 2 is 2.23 bits per heavy atom. The van der Waals surface area contributed by atoms with Gasteiger partial charge in [0.2, 0.25) is 0 Å². The molecule has 78 valence electrons. The zero-order valence-corrected chi connectivity index (χ0v) is 8.75. The van der Waals surface area contributed by atoms with Gasteiger partial charge >= 0.3 is 0 Å². The molecule has 3 heteroatoms. The molecule has 1 unspecified atom stereocenters. The van der Waals surface area contributed by atoms with Crippen molar-refractivity contribution in [3.8, 4) is 0 Å². The van der Waals surface area contributed by atoms with E-state index in [2.05, 4.69) is 12.0 Å². The topological polar surface area (TPSA) is 47.3 Å². The maximum atomic E-state index is 5.46. The molecule has 0 fully saturated rings. The van der Waals surface area contributed by atoms with Crippen LogP contribution in [0.25, 0.3) is 0 Å². The Bertz CT molecular complexity index is 126. The third kappa shape index (κ3) is 7.96. The first-order valence-electron chi connectivity index (χ1n) is 4.89. The highest BCUT2D eigenvalue weighted by atomic mass is 16.5. The fourth-order valence-electron chi connectivity index (χ4n) is 1.03. The predicted octanol–water partition coefficient (Wildman–Crippen LogP) is 1.60. The van der Waals surface area contributed by atoms with Crippen LogP contribution in [0, 0.1) is 0 Å². The summed E-state index contributed by atoms with van der Waals surface area (Å²) in [7, 11) is 0. The molecule has 0 aromatic carbocycles. The fraction of sp³-hybridized carbons (Fsp3) is 0.800. The summed E-state index contributed by atoms with van der Waals surface area (Å²) in [4.78, 5) is 0. The molecule has 13 heavy (non-hydrogen) atoms. The normalized spacial score (nSPS) is 13.2. The second-order valence-electron chi connectivity index (χ2n) is 3.47. The van der Waals surface area contributed by atoms with E-state index in [1.807, 2.05) is 19.9 Å². The summed E-state index contributed by atoms with van der Waals surface area (Å²) in [5.74, 6) is 5.39. The Morgan fingerprint density at radius 3 is 2.69 bits per heavy atom. The van der Waals surface area contributed by atoms with E-state index in [9.17, 15) is 0 Å². The highest BCUT2D eigenvalue weighted by Gasteiger charge is 2.06. The molecule has 0 saturated carbocycles. The Balaban J connectivity index is 3.44. The summed E-state index contributed by atoms with van der Waals surface area (Å²) >= 11 is 0. The predicted molar refractivity (Wildman–Crippen MR) is 56.2 cm³/mol. The maximum absolute atomic E-state index is 5.46. The second kappa shape index (κ2) is 8.23. The highest BCUT2D eigenvalue weighted by molar-refractivity contribution is 4.69. The number of nitrogens with two attached hydrogens (primary N) is 1. The van der Waals surface area contributed by atoms with Crippen molar-refractivity contribution in [3.63, 3.8) is 0 Å². The zero-order valence-electron chi connectivity index (χ0n) is 8.75. The van der Waals surface area contributed by atoms with Crippen LogP contribution in [0.3, 0.4) is 0 Å². The van der Waals surface area contributed by atoms with Gasteiger partial charge in [0.25, 0.3) is 0 Å². The molecule has 0 aliphatic carbocycles. The monoisotopic (exact) mass is 186 g/mol. The molecule has 0 bridgehead atoms. The van der Waals surface area contributed by atoms with Crippen molar-refractivity contribution < 1.29 is 4.74 Å². The van der Waals surface area contributed by atoms with Gasteiger partial charge in [-0.2, -0.15) is 0 Å². The van der Waals surface area contributed by atoms with Crippen LogP contribution in [0.15, 0.2) is 12.7 Å². The van der Waals surface area contributed by atoms with Gasteiger partial charge in [0, 0.05) is 6.04 Å². The molecule has 0 aromatic heterocycles. The molecule has 0 spiro atoms. The molecule has 0 aliphatic rings. The van der Waals surface area contributed by atoms with Gasteiger partial charge in [0.05, 0.1) is 12.7 Å². The first-order valence-corrected chi connectivity index (χ1v) is 4.89. The van der Waals surface area contributed by atoms with Crippen molar-refractivity contribution in [2.24, 2.45) is 5.84 Å². The molecule has 3 N–H and O–H groups in total. The minimum absolute atomic E-state index is 0.266. The molecule has 0 heterocycles. The van der Waals surface area contributed by atoms with Gasteiger partial charge in [-0.15, -0.1) is 6.58 Å². The molecular formula is C10H22N2O. The largest absolute Gasteiger partial charge is 0.377 e. The van der Waals surface area contributed by atoms with Crippen LogP contribution in [0.1, 0.15) is 33.1 Å². The van der Waals surface area contributed by atoms with Gasteiger partial charge in [-0.3, -0.25) is 11.3 Å². The van der Waals surface area contributed by atoms with Crippen LogP contribution in [0.5, 0.6) is 0 Å². The molecule has 0 saturated heterocycles. The number of hydrazine groups is 1. The number of allylic oxidation sites excluding steroid dienone is 1. The Morgan fingerprint density at radius 1 is 1.54 bits per heavy atom. The molecular weight excluding hydrogens is 164 g/mol. The lowest BCUT2D eigenvalue weighted by molar-refractivity contribution is 0.0592. The van der Waals surface area contributed by atoms with Crippen LogP contribution >= 0.6 is 0 Å². The summed E-state index contributed by atoms with van der Waals surface area (Å²) < 4.78 is 5.46. The van der Waals surface area contributed by atoms with Crippen molar-refractivity contribution in [1.29, 1.82) is 0 Å². The SMILES string of the molecule is C=CCCCC(COC(C)C)NN. The van der Waals surface area contributed by atoms with E-state index < -0.39 is 0 Å². The minimum Gasteiger partial charge on any atom is -0.377 e. The molecule has 0 radical (unpaired) electrons. The lowest BCUT2D eigenvalue weighted by Crippen LogP contribution is -2.39. The molecule has 0 rings (SSSR count). The summed E-state index contributed by atoms with van der Waals surface area (Å²) in [6.07, 6.45) is 5.39. The summed E-state index contributed by atoms with van der Waals surface area (Å²) in [5.41, 5.74) is 2.76. The van der Waals surface area contributed by atoms with Crippen molar-refractivity contribution in [3.05, 3.63) is 12.7 Å². The van der Waals surface area contributed by atoms with Crippen LogP contribution in [-0.2, 0) is 4.74 Å². The third-order valence-corrected chi connectivity index (χ3v) is 1.83. The maximum Gasteiger partial charge on any atom is 0.0636 e. The first kappa shape index (κ1) is 12.6. The number of hydrogen-bond donors (Lipinski definition) is 2. The van der Waals surface area contributed by atoms with E-state index in [4.69, 9.17) is 10.6 Å². The van der Waals surface area contributed by atoms with Crippen LogP contribution < -0.4 is 11.3 Å². The minimum atomic E-state index is 0.266. The molecule has 3 nitrogen and oxygen atoms in total. The van der Waals surface area contributed by atoms with E-state index in [1.54, 1.807) is 0 Å². The van der Waals surface area contributed by atoms with E-state index in [0.717, 1.165) is 19.3 Å².